The molecule has 2 N–H and O–H groups in total. The summed E-state index contributed by atoms with van der Waals surface area (Å²) in [5.41, 5.74) is 2.28. The van der Waals surface area contributed by atoms with Crippen molar-refractivity contribution >= 4 is 5.91 Å². The highest BCUT2D eigenvalue weighted by atomic mass is 16.6. The number of ether oxygens (including phenoxy) is 2. The summed E-state index contributed by atoms with van der Waals surface area (Å²) >= 11 is 0. The maximum Gasteiger partial charge on any atom is 0.272 e. The molecule has 3 fully saturated rings. The minimum Gasteiger partial charge on any atom is -0.371 e. The van der Waals surface area contributed by atoms with Crippen LogP contribution in [0.1, 0.15) is 60.0 Å². The average Bonchev–Trinajstić information content (AvgIpc) is 3.49. The van der Waals surface area contributed by atoms with Crippen molar-refractivity contribution in [2.75, 3.05) is 13.2 Å². The fourth-order valence-electron chi connectivity index (χ4n) is 4.86. The predicted molar refractivity (Wildman–Crippen MR) is 103 cm³/mol. The van der Waals surface area contributed by atoms with Crippen LogP contribution < -0.4 is 5.32 Å². The van der Waals surface area contributed by atoms with Gasteiger partial charge in [0, 0.05) is 11.9 Å². The van der Waals surface area contributed by atoms with Crippen LogP contribution in [0.4, 0.5) is 0 Å². The molecular weight excluding hydrogens is 372 g/mol. The molecule has 1 amide bonds. The molecule has 4 heterocycles. The number of nitrogens with one attached hydrogen (secondary N) is 2. The summed E-state index contributed by atoms with van der Waals surface area (Å²) in [6.45, 7) is 2.80. The second-order valence-electron chi connectivity index (χ2n) is 8.58. The molecule has 1 saturated carbocycles. The Morgan fingerprint density at radius 2 is 2.07 bits per heavy atom. The van der Waals surface area contributed by atoms with Gasteiger partial charge >= 0.3 is 0 Å². The molecule has 4 atom stereocenters. The molecule has 2 aromatic heterocycles. The van der Waals surface area contributed by atoms with Gasteiger partial charge < -0.3 is 14.8 Å². The molecule has 9 nitrogen and oxygen atoms in total. The van der Waals surface area contributed by atoms with Crippen LogP contribution in [-0.2, 0) is 15.9 Å². The van der Waals surface area contributed by atoms with Crippen molar-refractivity contribution in [3.8, 4) is 0 Å². The number of aromatic nitrogens is 5. The minimum absolute atomic E-state index is 0.0119. The van der Waals surface area contributed by atoms with Crippen molar-refractivity contribution in [1.82, 2.24) is 30.5 Å². The van der Waals surface area contributed by atoms with E-state index in [4.69, 9.17) is 9.47 Å². The molecule has 2 aromatic rings. The van der Waals surface area contributed by atoms with Gasteiger partial charge in [-0.2, -0.15) is 5.10 Å². The Labute approximate surface area is 169 Å². The van der Waals surface area contributed by atoms with Crippen LogP contribution in [0.25, 0.3) is 0 Å². The molecule has 0 radical (unpaired) electrons. The number of hydrogen-bond acceptors (Lipinski definition) is 6. The summed E-state index contributed by atoms with van der Waals surface area (Å²) in [5, 5.41) is 18.6. The standard InChI is InChI=1S/C20H28N6O3/c1-12-7-15(24-22-12)20(27)21-16-10-28-19-17(11-29-18(16)19)26-9-14(23-25-26)8-13-5-3-2-4-6-13/h7,9,13,16-19H,2-6,8,10-11H2,1H3,(H,21,27)(H,22,24)/t16-,17-,18+,19+/m0/s1. The molecule has 2 saturated heterocycles. The summed E-state index contributed by atoms with van der Waals surface area (Å²) in [7, 11) is 0. The normalized spacial score (nSPS) is 29.8. The van der Waals surface area contributed by atoms with E-state index in [1.807, 2.05) is 17.8 Å². The number of H-pyrrole nitrogens is 1. The number of aryl methyl sites for hydroxylation is 1. The first-order valence-corrected chi connectivity index (χ1v) is 10.6. The topological polar surface area (TPSA) is 107 Å². The van der Waals surface area contributed by atoms with Crippen LogP contribution in [0.3, 0.4) is 0 Å². The third kappa shape index (κ3) is 3.81. The Hall–Kier alpha value is -2.26. The second-order valence-corrected chi connectivity index (χ2v) is 8.58. The quantitative estimate of drug-likeness (QED) is 0.789. The van der Waals surface area contributed by atoms with Crippen molar-refractivity contribution in [2.24, 2.45) is 5.92 Å². The molecular formula is C20H28N6O3. The Kier molecular flexibility index (Phi) is 5.09. The number of rotatable bonds is 5. The minimum atomic E-state index is -0.217. The van der Waals surface area contributed by atoms with Gasteiger partial charge in [-0.3, -0.25) is 9.89 Å². The smallest absolute Gasteiger partial charge is 0.272 e. The van der Waals surface area contributed by atoms with Gasteiger partial charge in [-0.1, -0.05) is 37.3 Å². The molecule has 156 valence electrons. The van der Waals surface area contributed by atoms with E-state index in [9.17, 15) is 4.79 Å². The number of amides is 1. The third-order valence-electron chi connectivity index (χ3n) is 6.40. The Bertz CT molecular complexity index is 858. The molecule has 0 spiro atoms. The van der Waals surface area contributed by atoms with E-state index in [-0.39, 0.29) is 30.2 Å². The monoisotopic (exact) mass is 400 g/mol. The second kappa shape index (κ2) is 7.87. The highest BCUT2D eigenvalue weighted by molar-refractivity contribution is 5.92. The third-order valence-corrected chi connectivity index (χ3v) is 6.40. The fourth-order valence-corrected chi connectivity index (χ4v) is 4.86. The molecule has 5 rings (SSSR count). The highest BCUT2D eigenvalue weighted by Gasteiger charge is 2.49. The predicted octanol–water partition coefficient (Wildman–Crippen LogP) is 1.57. The van der Waals surface area contributed by atoms with Gasteiger partial charge in [-0.25, -0.2) is 4.68 Å². The van der Waals surface area contributed by atoms with Crippen LogP contribution in [-0.4, -0.2) is 62.6 Å². The van der Waals surface area contributed by atoms with Crippen molar-refractivity contribution < 1.29 is 14.3 Å². The SMILES string of the molecule is Cc1cc(C(=O)N[C@H]2CO[C@H]3[C@@H]2OC[C@@H]3n2cc(CC3CCCCC3)nn2)n[nH]1. The molecule has 0 aromatic carbocycles. The lowest BCUT2D eigenvalue weighted by Crippen LogP contribution is -2.44. The van der Waals surface area contributed by atoms with Crippen LogP contribution in [0.15, 0.2) is 12.3 Å². The number of nitrogens with zero attached hydrogens (tertiary/aromatic N) is 4. The van der Waals surface area contributed by atoms with Crippen molar-refractivity contribution in [1.29, 1.82) is 0 Å². The lowest BCUT2D eigenvalue weighted by molar-refractivity contribution is 0.0613. The van der Waals surface area contributed by atoms with Gasteiger partial charge in [-0.15, -0.1) is 5.10 Å². The van der Waals surface area contributed by atoms with Crippen LogP contribution in [0.5, 0.6) is 0 Å². The molecule has 29 heavy (non-hydrogen) atoms. The van der Waals surface area contributed by atoms with Crippen molar-refractivity contribution in [3.05, 3.63) is 29.3 Å². The summed E-state index contributed by atoms with van der Waals surface area (Å²) in [4.78, 5) is 12.4. The lowest BCUT2D eigenvalue weighted by Gasteiger charge is -2.20. The zero-order valence-electron chi connectivity index (χ0n) is 16.7. The maximum atomic E-state index is 12.4. The molecule has 9 heteroatoms. The Morgan fingerprint density at radius 1 is 1.24 bits per heavy atom. The van der Waals surface area contributed by atoms with Crippen molar-refractivity contribution in [2.45, 2.75) is 69.7 Å². The van der Waals surface area contributed by atoms with E-state index >= 15 is 0 Å². The first-order valence-electron chi connectivity index (χ1n) is 10.6. The van der Waals surface area contributed by atoms with Gasteiger partial charge in [0.25, 0.3) is 5.91 Å². The average molecular weight is 400 g/mol. The largest absolute Gasteiger partial charge is 0.371 e. The van der Waals surface area contributed by atoms with Gasteiger partial charge in [-0.05, 0) is 25.3 Å². The number of aromatic amines is 1. The summed E-state index contributed by atoms with van der Waals surface area (Å²) in [6, 6.07) is 1.52. The zero-order chi connectivity index (χ0) is 19.8. The Morgan fingerprint density at radius 3 is 2.86 bits per heavy atom. The maximum absolute atomic E-state index is 12.4. The highest BCUT2D eigenvalue weighted by Crippen LogP contribution is 2.34. The number of fused-ring (bicyclic) bond motifs is 1. The first kappa shape index (κ1) is 18.7. The Balaban J connectivity index is 1.20. The summed E-state index contributed by atoms with van der Waals surface area (Å²) in [5.74, 6) is 0.514. The van der Waals surface area contributed by atoms with Gasteiger partial charge in [0.2, 0.25) is 0 Å². The summed E-state index contributed by atoms with van der Waals surface area (Å²) < 4.78 is 13.9. The molecule has 1 aliphatic carbocycles. The van der Waals surface area contributed by atoms with Crippen LogP contribution >= 0.6 is 0 Å². The number of carbonyl (C=O) groups excluding carboxylic acids is 1. The van der Waals surface area contributed by atoms with E-state index < -0.39 is 0 Å². The van der Waals surface area contributed by atoms with E-state index in [0.717, 1.165) is 23.7 Å². The van der Waals surface area contributed by atoms with Crippen molar-refractivity contribution in [3.63, 3.8) is 0 Å². The lowest BCUT2D eigenvalue weighted by atomic mass is 9.86. The molecule has 3 aliphatic rings. The molecule has 0 unspecified atom stereocenters. The van der Waals surface area contributed by atoms with Gasteiger partial charge in [0.15, 0.2) is 0 Å². The summed E-state index contributed by atoms with van der Waals surface area (Å²) in [6.07, 6.45) is 9.35. The molecule has 2 aliphatic heterocycles. The van der Waals surface area contributed by atoms with E-state index in [2.05, 4.69) is 25.8 Å². The van der Waals surface area contributed by atoms with Gasteiger partial charge in [0.05, 0.1) is 24.9 Å². The fraction of sp³-hybridized carbons (Fsp3) is 0.700. The molecule has 0 bridgehead atoms. The van der Waals surface area contributed by atoms with Crippen LogP contribution in [0, 0.1) is 12.8 Å². The first-order chi connectivity index (χ1) is 14.2. The number of carbonyl (C=O) groups is 1. The van der Waals surface area contributed by atoms with Crippen LogP contribution in [0.2, 0.25) is 0 Å². The zero-order valence-corrected chi connectivity index (χ0v) is 16.7. The van der Waals surface area contributed by atoms with E-state index in [1.165, 1.54) is 32.1 Å². The van der Waals surface area contributed by atoms with Gasteiger partial charge in [0.1, 0.15) is 23.9 Å². The number of hydrogen-bond donors (Lipinski definition) is 2. The van der Waals surface area contributed by atoms with E-state index in [0.29, 0.717) is 18.9 Å². The van der Waals surface area contributed by atoms with E-state index in [1.54, 1.807) is 6.07 Å².